The average molecular weight is 256 g/mol. The quantitative estimate of drug-likeness (QED) is 0.816. The summed E-state index contributed by atoms with van der Waals surface area (Å²) < 4.78 is 0. The maximum Gasteiger partial charge on any atom is 0.225 e. The van der Waals surface area contributed by atoms with Crippen LogP contribution in [0, 0.1) is 5.92 Å². The van der Waals surface area contributed by atoms with Crippen molar-refractivity contribution in [3.05, 3.63) is 0 Å². The highest BCUT2D eigenvalue weighted by atomic mass is 32.2. The van der Waals surface area contributed by atoms with E-state index in [2.05, 4.69) is 24.1 Å². The van der Waals surface area contributed by atoms with Gasteiger partial charge < -0.3 is 10.2 Å². The van der Waals surface area contributed by atoms with Crippen LogP contribution in [0.25, 0.3) is 0 Å². The Morgan fingerprint density at radius 2 is 2.35 bits per heavy atom. The Bertz CT molecular complexity index is 272. The Labute approximate surface area is 109 Å². The second-order valence-electron chi connectivity index (χ2n) is 5.26. The molecular weight excluding hydrogens is 232 g/mol. The van der Waals surface area contributed by atoms with Crippen molar-refractivity contribution in [3.8, 4) is 0 Å². The van der Waals surface area contributed by atoms with Crippen molar-refractivity contribution >= 4 is 17.7 Å². The molecule has 2 aliphatic rings. The molecule has 4 heteroatoms. The predicted molar refractivity (Wildman–Crippen MR) is 73.3 cm³/mol. The molecule has 0 aromatic heterocycles. The van der Waals surface area contributed by atoms with E-state index in [0.29, 0.717) is 17.2 Å². The number of thioether (sulfide) groups is 1. The van der Waals surface area contributed by atoms with E-state index in [-0.39, 0.29) is 5.92 Å². The third-order valence-corrected chi connectivity index (χ3v) is 5.25. The van der Waals surface area contributed by atoms with Gasteiger partial charge in [-0.25, -0.2) is 0 Å². The Hall–Kier alpha value is -0.220. The van der Waals surface area contributed by atoms with Crippen LogP contribution in [0.15, 0.2) is 0 Å². The summed E-state index contributed by atoms with van der Waals surface area (Å²) in [5.74, 6) is 1.80. The van der Waals surface area contributed by atoms with Gasteiger partial charge in [-0.15, -0.1) is 0 Å². The molecule has 0 aromatic carbocycles. The van der Waals surface area contributed by atoms with Crippen molar-refractivity contribution in [2.24, 2.45) is 5.92 Å². The first kappa shape index (κ1) is 13.2. The smallest absolute Gasteiger partial charge is 0.225 e. The number of nitrogens with zero attached hydrogens (tertiary/aromatic N) is 1. The number of amides is 1. The summed E-state index contributed by atoms with van der Waals surface area (Å²) >= 11 is 2.03. The fraction of sp³-hybridized carbons (Fsp3) is 0.923. The molecule has 1 amide bonds. The lowest BCUT2D eigenvalue weighted by atomic mass is 9.92. The maximum absolute atomic E-state index is 12.4. The van der Waals surface area contributed by atoms with Crippen LogP contribution in [0.4, 0.5) is 0 Å². The monoisotopic (exact) mass is 256 g/mol. The highest BCUT2D eigenvalue weighted by Gasteiger charge is 2.31. The van der Waals surface area contributed by atoms with E-state index in [1.807, 2.05) is 11.8 Å². The van der Waals surface area contributed by atoms with Gasteiger partial charge in [-0.1, -0.05) is 6.92 Å². The molecule has 2 saturated heterocycles. The Morgan fingerprint density at radius 3 is 3.06 bits per heavy atom. The minimum Gasteiger partial charge on any atom is -0.341 e. The summed E-state index contributed by atoms with van der Waals surface area (Å²) in [5, 5.41) is 4.07. The first-order valence-corrected chi connectivity index (χ1v) is 7.89. The molecule has 2 fully saturated rings. The summed E-state index contributed by atoms with van der Waals surface area (Å²) in [6, 6.07) is 0.499. The fourth-order valence-electron chi connectivity index (χ4n) is 2.78. The van der Waals surface area contributed by atoms with E-state index in [1.54, 1.807) is 0 Å². The molecular formula is C13H24N2OS. The summed E-state index contributed by atoms with van der Waals surface area (Å²) in [4.78, 5) is 14.6. The molecule has 17 heavy (non-hydrogen) atoms. The standard InChI is InChI=1S/C13H24N2OS/c1-3-12-9-15(6-7-17-12)13(16)11-4-5-14-10(2)8-11/h10-12,14H,3-9H2,1-2H3/t10-,11-,12?/m0/s1. The van der Waals surface area contributed by atoms with Crippen molar-refractivity contribution in [1.29, 1.82) is 0 Å². The number of piperidine rings is 1. The molecule has 2 rings (SSSR count). The van der Waals surface area contributed by atoms with E-state index < -0.39 is 0 Å². The number of hydrogen-bond donors (Lipinski definition) is 1. The lowest BCUT2D eigenvalue weighted by Gasteiger charge is -2.36. The van der Waals surface area contributed by atoms with Crippen molar-refractivity contribution in [2.75, 3.05) is 25.4 Å². The van der Waals surface area contributed by atoms with Crippen LogP contribution in [0.1, 0.15) is 33.1 Å². The van der Waals surface area contributed by atoms with Crippen LogP contribution in [0.5, 0.6) is 0 Å². The third kappa shape index (κ3) is 3.38. The van der Waals surface area contributed by atoms with E-state index in [4.69, 9.17) is 0 Å². The second kappa shape index (κ2) is 6.10. The summed E-state index contributed by atoms with van der Waals surface area (Å²) in [6.07, 6.45) is 3.21. The number of nitrogens with one attached hydrogen (secondary N) is 1. The number of carbonyl (C=O) groups is 1. The highest BCUT2D eigenvalue weighted by Crippen LogP contribution is 2.25. The molecule has 3 nitrogen and oxygen atoms in total. The molecule has 0 spiro atoms. The first-order valence-electron chi connectivity index (χ1n) is 6.84. The van der Waals surface area contributed by atoms with Crippen LogP contribution < -0.4 is 5.32 Å². The third-order valence-electron chi connectivity index (χ3n) is 3.88. The Kier molecular flexibility index (Phi) is 4.74. The zero-order valence-electron chi connectivity index (χ0n) is 10.9. The van der Waals surface area contributed by atoms with Crippen LogP contribution in [-0.4, -0.2) is 47.5 Å². The van der Waals surface area contributed by atoms with E-state index in [0.717, 1.165) is 38.2 Å². The van der Waals surface area contributed by atoms with Crippen LogP contribution in [-0.2, 0) is 4.79 Å². The van der Waals surface area contributed by atoms with Gasteiger partial charge in [-0.05, 0) is 32.7 Å². The largest absolute Gasteiger partial charge is 0.341 e. The average Bonchev–Trinajstić information content (AvgIpc) is 2.38. The minimum absolute atomic E-state index is 0.270. The van der Waals surface area contributed by atoms with Gasteiger partial charge in [0, 0.05) is 36.1 Å². The topological polar surface area (TPSA) is 32.3 Å². The molecule has 0 radical (unpaired) electrons. The molecule has 0 aliphatic carbocycles. The maximum atomic E-state index is 12.4. The lowest BCUT2D eigenvalue weighted by molar-refractivity contribution is -0.136. The number of carbonyl (C=O) groups excluding carboxylic acids is 1. The van der Waals surface area contributed by atoms with Gasteiger partial charge in [0.15, 0.2) is 0 Å². The van der Waals surface area contributed by atoms with Gasteiger partial charge in [-0.2, -0.15) is 11.8 Å². The molecule has 0 bridgehead atoms. The molecule has 0 aromatic rings. The Balaban J connectivity index is 1.89. The van der Waals surface area contributed by atoms with Crippen molar-refractivity contribution in [3.63, 3.8) is 0 Å². The first-order chi connectivity index (χ1) is 8.20. The van der Waals surface area contributed by atoms with E-state index in [1.165, 1.54) is 6.42 Å². The molecule has 98 valence electrons. The van der Waals surface area contributed by atoms with Crippen LogP contribution in [0.3, 0.4) is 0 Å². The minimum atomic E-state index is 0.270. The van der Waals surface area contributed by atoms with E-state index in [9.17, 15) is 4.79 Å². The van der Waals surface area contributed by atoms with Gasteiger partial charge in [0.05, 0.1) is 0 Å². The van der Waals surface area contributed by atoms with Gasteiger partial charge in [0.25, 0.3) is 0 Å². The predicted octanol–water partition coefficient (Wildman–Crippen LogP) is 1.73. The lowest BCUT2D eigenvalue weighted by Crippen LogP contribution is -2.48. The normalized spacial score (nSPS) is 34.7. The molecule has 1 N–H and O–H groups in total. The Morgan fingerprint density at radius 1 is 1.53 bits per heavy atom. The van der Waals surface area contributed by atoms with Crippen LogP contribution in [0.2, 0.25) is 0 Å². The molecule has 0 saturated carbocycles. The van der Waals surface area contributed by atoms with Crippen molar-refractivity contribution in [2.45, 2.75) is 44.4 Å². The van der Waals surface area contributed by atoms with Crippen molar-refractivity contribution < 1.29 is 4.79 Å². The zero-order valence-corrected chi connectivity index (χ0v) is 11.8. The van der Waals surface area contributed by atoms with E-state index >= 15 is 0 Å². The summed E-state index contributed by atoms with van der Waals surface area (Å²) in [5.41, 5.74) is 0. The van der Waals surface area contributed by atoms with Crippen molar-refractivity contribution in [1.82, 2.24) is 10.2 Å². The molecule has 3 atom stereocenters. The number of rotatable bonds is 2. The fourth-order valence-corrected chi connectivity index (χ4v) is 3.96. The zero-order chi connectivity index (χ0) is 12.3. The molecule has 2 aliphatic heterocycles. The number of hydrogen-bond acceptors (Lipinski definition) is 3. The van der Waals surface area contributed by atoms with Crippen LogP contribution >= 0.6 is 11.8 Å². The van der Waals surface area contributed by atoms with Gasteiger partial charge >= 0.3 is 0 Å². The van der Waals surface area contributed by atoms with Gasteiger partial charge in [0.1, 0.15) is 0 Å². The molecule has 2 heterocycles. The highest BCUT2D eigenvalue weighted by molar-refractivity contribution is 8.00. The summed E-state index contributed by atoms with van der Waals surface area (Å²) in [6.45, 7) is 7.33. The second-order valence-corrected chi connectivity index (χ2v) is 6.67. The van der Waals surface area contributed by atoms with Gasteiger partial charge in [-0.3, -0.25) is 4.79 Å². The molecule has 1 unspecified atom stereocenters. The van der Waals surface area contributed by atoms with Gasteiger partial charge in [0.2, 0.25) is 5.91 Å². The SMILES string of the molecule is CCC1CN(C(=O)[C@H]2CCN[C@@H](C)C2)CCS1. The summed E-state index contributed by atoms with van der Waals surface area (Å²) in [7, 11) is 0.